The molecule has 0 aliphatic carbocycles. The number of hydrogen-bond donors (Lipinski definition) is 1. The van der Waals surface area contributed by atoms with Crippen LogP contribution in [0.1, 0.15) is 18.4 Å². The van der Waals surface area contributed by atoms with Gasteiger partial charge in [0.05, 0.1) is 0 Å². The fourth-order valence-corrected chi connectivity index (χ4v) is 3.26. The van der Waals surface area contributed by atoms with Crippen LogP contribution in [0.15, 0.2) is 22.7 Å². The van der Waals surface area contributed by atoms with Crippen LogP contribution in [0.25, 0.3) is 23.0 Å². The Morgan fingerprint density at radius 3 is 2.83 bits per heavy atom. The van der Waals surface area contributed by atoms with Crippen molar-refractivity contribution < 1.29 is 4.52 Å². The monoisotopic (exact) mass is 328 g/mol. The first kappa shape index (κ1) is 14.1. The molecule has 3 aromatic rings. The van der Waals surface area contributed by atoms with Crippen molar-refractivity contribution in [3.63, 3.8) is 0 Å². The molecule has 0 unspecified atom stereocenters. The number of aromatic nitrogens is 4. The van der Waals surface area contributed by atoms with E-state index < -0.39 is 0 Å². The molecular weight excluding hydrogens is 312 g/mol. The van der Waals surface area contributed by atoms with E-state index in [4.69, 9.17) is 10.3 Å². The van der Waals surface area contributed by atoms with E-state index in [1.165, 1.54) is 24.1 Å². The topological polar surface area (TPSA) is 94.0 Å². The summed E-state index contributed by atoms with van der Waals surface area (Å²) < 4.78 is 9.08. The van der Waals surface area contributed by atoms with E-state index in [1.807, 2.05) is 6.07 Å². The normalized spacial score (nSPS) is 14.6. The van der Waals surface area contributed by atoms with Crippen LogP contribution in [0.4, 0.5) is 10.7 Å². The average molecular weight is 328 g/mol. The lowest BCUT2D eigenvalue weighted by Gasteiger charge is -2.20. The molecule has 0 spiro atoms. The van der Waals surface area contributed by atoms with Crippen LogP contribution in [0, 0.1) is 6.92 Å². The number of nitrogens with zero attached hydrogens (tertiary/aromatic N) is 5. The standard InChI is InChI=1S/C15H16N6OS/c1-9-4-5-10(8-11(9)21-6-2-3-7-21)14-17-15(22-19-14)12-13(16)23-20-18-12/h4-5,8H,2-3,6-7,16H2,1H3. The predicted octanol–water partition coefficient (Wildman–Crippen LogP) is 2.75. The van der Waals surface area contributed by atoms with Gasteiger partial charge in [-0.25, -0.2) is 0 Å². The molecule has 2 aromatic heterocycles. The number of aryl methyl sites for hydroxylation is 1. The number of rotatable bonds is 3. The lowest BCUT2D eigenvalue weighted by molar-refractivity contribution is 0.431. The van der Waals surface area contributed by atoms with Gasteiger partial charge in [0.15, 0.2) is 5.69 Å². The fraction of sp³-hybridized carbons (Fsp3) is 0.333. The predicted molar refractivity (Wildman–Crippen MR) is 89.2 cm³/mol. The quantitative estimate of drug-likeness (QED) is 0.790. The summed E-state index contributed by atoms with van der Waals surface area (Å²) >= 11 is 1.11. The van der Waals surface area contributed by atoms with E-state index in [9.17, 15) is 0 Å². The van der Waals surface area contributed by atoms with Crippen molar-refractivity contribution in [3.05, 3.63) is 23.8 Å². The SMILES string of the molecule is Cc1ccc(-c2noc(-c3nnsc3N)n2)cc1N1CCCC1. The number of nitrogen functional groups attached to an aromatic ring is 1. The first-order valence-corrected chi connectivity index (χ1v) is 8.27. The zero-order valence-electron chi connectivity index (χ0n) is 12.7. The average Bonchev–Trinajstić information content (AvgIpc) is 3.28. The first-order valence-electron chi connectivity index (χ1n) is 7.50. The van der Waals surface area contributed by atoms with Crippen molar-refractivity contribution in [1.29, 1.82) is 0 Å². The maximum absolute atomic E-state index is 5.81. The van der Waals surface area contributed by atoms with Gasteiger partial charge in [-0.1, -0.05) is 21.8 Å². The molecule has 0 bridgehead atoms. The van der Waals surface area contributed by atoms with Gasteiger partial charge < -0.3 is 15.2 Å². The molecule has 8 heteroatoms. The van der Waals surface area contributed by atoms with Crippen LogP contribution in [0.3, 0.4) is 0 Å². The Morgan fingerprint density at radius 2 is 2.09 bits per heavy atom. The largest absolute Gasteiger partial charge is 0.387 e. The van der Waals surface area contributed by atoms with Crippen molar-refractivity contribution in [2.24, 2.45) is 0 Å². The van der Waals surface area contributed by atoms with Gasteiger partial charge in [-0.15, -0.1) is 5.10 Å². The van der Waals surface area contributed by atoms with Crippen LogP contribution in [-0.4, -0.2) is 32.8 Å². The number of anilines is 2. The third kappa shape index (κ3) is 2.55. The van der Waals surface area contributed by atoms with Gasteiger partial charge in [0.25, 0.3) is 5.89 Å². The van der Waals surface area contributed by atoms with Crippen LogP contribution < -0.4 is 10.6 Å². The van der Waals surface area contributed by atoms with E-state index in [0.29, 0.717) is 22.4 Å². The Kier molecular flexibility index (Phi) is 3.45. The minimum absolute atomic E-state index is 0.301. The molecule has 7 nitrogen and oxygen atoms in total. The molecule has 0 radical (unpaired) electrons. The molecule has 0 atom stereocenters. The van der Waals surface area contributed by atoms with Gasteiger partial charge in [0, 0.05) is 35.9 Å². The summed E-state index contributed by atoms with van der Waals surface area (Å²) in [6.45, 7) is 4.33. The molecule has 3 heterocycles. The zero-order valence-corrected chi connectivity index (χ0v) is 13.5. The Bertz CT molecular complexity index is 836. The lowest BCUT2D eigenvalue weighted by atomic mass is 10.1. The van der Waals surface area contributed by atoms with Crippen molar-refractivity contribution in [1.82, 2.24) is 19.7 Å². The molecule has 1 aliphatic rings. The van der Waals surface area contributed by atoms with E-state index in [-0.39, 0.29) is 0 Å². The van der Waals surface area contributed by atoms with Crippen molar-refractivity contribution in [2.45, 2.75) is 19.8 Å². The summed E-state index contributed by atoms with van der Waals surface area (Å²) in [6, 6.07) is 6.22. The lowest BCUT2D eigenvalue weighted by Crippen LogP contribution is -2.18. The molecule has 23 heavy (non-hydrogen) atoms. The minimum Gasteiger partial charge on any atom is -0.387 e. The fourth-order valence-electron chi connectivity index (χ4n) is 2.83. The Labute approximate surface area is 137 Å². The maximum Gasteiger partial charge on any atom is 0.281 e. The van der Waals surface area contributed by atoms with Crippen LogP contribution in [0.5, 0.6) is 0 Å². The molecule has 4 rings (SSSR count). The number of hydrogen-bond acceptors (Lipinski definition) is 8. The molecule has 0 amide bonds. The molecule has 1 aromatic carbocycles. The highest BCUT2D eigenvalue weighted by molar-refractivity contribution is 7.10. The van der Waals surface area contributed by atoms with Gasteiger partial charge in [-0.05, 0) is 31.4 Å². The molecular formula is C15H16N6OS. The molecule has 1 saturated heterocycles. The smallest absolute Gasteiger partial charge is 0.281 e. The Morgan fingerprint density at radius 1 is 1.26 bits per heavy atom. The second kappa shape index (κ2) is 5.62. The second-order valence-corrected chi connectivity index (χ2v) is 6.39. The summed E-state index contributed by atoms with van der Waals surface area (Å²) in [7, 11) is 0. The summed E-state index contributed by atoms with van der Waals surface area (Å²) in [6.07, 6.45) is 2.48. The van der Waals surface area contributed by atoms with Crippen molar-refractivity contribution in [2.75, 3.05) is 23.7 Å². The first-order chi connectivity index (χ1) is 11.2. The summed E-state index contributed by atoms with van der Waals surface area (Å²) in [5.74, 6) is 0.836. The van der Waals surface area contributed by atoms with Gasteiger partial charge in [0.2, 0.25) is 5.82 Å². The van der Waals surface area contributed by atoms with Crippen LogP contribution in [-0.2, 0) is 0 Å². The van der Waals surface area contributed by atoms with Gasteiger partial charge in [-0.2, -0.15) is 4.98 Å². The minimum atomic E-state index is 0.301. The highest BCUT2D eigenvalue weighted by Crippen LogP contribution is 2.31. The zero-order chi connectivity index (χ0) is 15.8. The summed E-state index contributed by atoms with van der Waals surface area (Å²) in [5, 5.41) is 8.46. The van der Waals surface area contributed by atoms with E-state index in [2.05, 4.69) is 43.7 Å². The summed E-state index contributed by atoms with van der Waals surface area (Å²) in [4.78, 5) is 6.81. The highest BCUT2D eigenvalue weighted by Gasteiger charge is 2.19. The second-order valence-electron chi connectivity index (χ2n) is 5.60. The van der Waals surface area contributed by atoms with E-state index in [0.717, 1.165) is 30.2 Å². The molecule has 118 valence electrons. The number of benzene rings is 1. The molecule has 1 aliphatic heterocycles. The van der Waals surface area contributed by atoms with Gasteiger partial charge in [0.1, 0.15) is 5.00 Å². The van der Waals surface area contributed by atoms with E-state index in [1.54, 1.807) is 0 Å². The van der Waals surface area contributed by atoms with E-state index >= 15 is 0 Å². The summed E-state index contributed by atoms with van der Waals surface area (Å²) in [5.41, 5.74) is 9.67. The maximum atomic E-state index is 5.81. The number of nitrogens with two attached hydrogens (primary N) is 1. The van der Waals surface area contributed by atoms with Gasteiger partial charge in [-0.3, -0.25) is 0 Å². The molecule has 0 saturated carbocycles. The Balaban J connectivity index is 1.70. The van der Waals surface area contributed by atoms with Crippen LogP contribution in [0.2, 0.25) is 0 Å². The highest BCUT2D eigenvalue weighted by atomic mass is 32.1. The van der Waals surface area contributed by atoms with Crippen molar-refractivity contribution in [3.8, 4) is 23.0 Å². The third-order valence-corrected chi connectivity index (χ3v) is 4.61. The van der Waals surface area contributed by atoms with Crippen LogP contribution >= 0.6 is 11.5 Å². The molecule has 2 N–H and O–H groups in total. The third-order valence-electron chi connectivity index (χ3n) is 4.06. The van der Waals surface area contributed by atoms with Gasteiger partial charge >= 0.3 is 0 Å². The molecule has 1 fully saturated rings. The Hall–Kier alpha value is -2.48. The van der Waals surface area contributed by atoms with Crippen molar-refractivity contribution >= 4 is 22.2 Å².